The average molecular weight is 291 g/mol. The van der Waals surface area contributed by atoms with Crippen molar-refractivity contribution < 1.29 is 9.90 Å². The number of aromatic nitrogens is 2. The number of thiophene rings is 1. The highest BCUT2D eigenvalue weighted by atomic mass is 32.1. The van der Waals surface area contributed by atoms with Gasteiger partial charge in [0.05, 0.1) is 5.39 Å². The third-order valence-electron chi connectivity index (χ3n) is 4.05. The van der Waals surface area contributed by atoms with Crippen molar-refractivity contribution in [2.45, 2.75) is 38.1 Å². The first-order chi connectivity index (χ1) is 9.69. The fourth-order valence-electron chi connectivity index (χ4n) is 3.18. The molecule has 1 aliphatic heterocycles. The summed E-state index contributed by atoms with van der Waals surface area (Å²) in [7, 11) is 0. The standard InChI is InChI=1S/C14H17N3O2S/c1-2-5-14(13(18)19)6-3-7-17(14)11-10-4-8-20-12(10)16-9-15-11/h4,8-9H,2-3,5-7H2,1H3,(H,18,19). The summed E-state index contributed by atoms with van der Waals surface area (Å²) in [5.74, 6) is 0.0310. The van der Waals surface area contributed by atoms with E-state index in [1.54, 1.807) is 11.3 Å². The Morgan fingerprint density at radius 3 is 3.15 bits per heavy atom. The zero-order valence-corrected chi connectivity index (χ0v) is 12.2. The lowest BCUT2D eigenvalue weighted by Gasteiger charge is -2.35. The van der Waals surface area contributed by atoms with Crippen molar-refractivity contribution in [3.63, 3.8) is 0 Å². The van der Waals surface area contributed by atoms with Crippen LogP contribution in [-0.4, -0.2) is 33.1 Å². The molecule has 0 aromatic carbocycles. The summed E-state index contributed by atoms with van der Waals surface area (Å²) in [6.07, 6.45) is 4.61. The van der Waals surface area contributed by atoms with E-state index in [0.29, 0.717) is 12.8 Å². The fourth-order valence-corrected chi connectivity index (χ4v) is 3.91. The highest BCUT2D eigenvalue weighted by molar-refractivity contribution is 7.16. The van der Waals surface area contributed by atoms with E-state index in [1.165, 1.54) is 6.33 Å². The van der Waals surface area contributed by atoms with E-state index in [9.17, 15) is 9.90 Å². The summed E-state index contributed by atoms with van der Waals surface area (Å²) < 4.78 is 0. The lowest BCUT2D eigenvalue weighted by atomic mass is 9.90. The first kappa shape index (κ1) is 13.3. The van der Waals surface area contributed by atoms with E-state index < -0.39 is 11.5 Å². The average Bonchev–Trinajstić information content (AvgIpc) is 3.05. The third kappa shape index (κ3) is 1.86. The van der Waals surface area contributed by atoms with Crippen LogP contribution in [-0.2, 0) is 4.79 Å². The molecule has 0 spiro atoms. The third-order valence-corrected chi connectivity index (χ3v) is 4.87. The van der Waals surface area contributed by atoms with Crippen LogP contribution in [0.2, 0.25) is 0 Å². The van der Waals surface area contributed by atoms with E-state index >= 15 is 0 Å². The number of aliphatic carboxylic acids is 1. The van der Waals surface area contributed by atoms with E-state index in [0.717, 1.165) is 35.4 Å². The molecule has 0 saturated carbocycles. The number of rotatable bonds is 4. The number of fused-ring (bicyclic) bond motifs is 1. The summed E-state index contributed by atoms with van der Waals surface area (Å²) in [4.78, 5) is 23.4. The summed E-state index contributed by atoms with van der Waals surface area (Å²) >= 11 is 1.56. The van der Waals surface area contributed by atoms with Crippen LogP contribution in [0.5, 0.6) is 0 Å². The van der Waals surface area contributed by atoms with Crippen LogP contribution in [0.3, 0.4) is 0 Å². The molecule has 0 amide bonds. The predicted molar refractivity (Wildman–Crippen MR) is 79.3 cm³/mol. The lowest BCUT2D eigenvalue weighted by Crippen LogP contribution is -2.51. The molecule has 0 radical (unpaired) electrons. The van der Waals surface area contributed by atoms with Gasteiger partial charge in [0.1, 0.15) is 22.5 Å². The lowest BCUT2D eigenvalue weighted by molar-refractivity contribution is -0.143. The predicted octanol–water partition coefficient (Wildman–Crippen LogP) is 2.92. The molecule has 1 saturated heterocycles. The Bertz CT molecular complexity index is 642. The molecule has 2 aromatic heterocycles. The number of hydrogen-bond donors (Lipinski definition) is 1. The maximum Gasteiger partial charge on any atom is 0.329 e. The van der Waals surface area contributed by atoms with Crippen LogP contribution in [0.4, 0.5) is 5.82 Å². The highest BCUT2D eigenvalue weighted by Crippen LogP contribution is 2.40. The van der Waals surface area contributed by atoms with E-state index in [-0.39, 0.29) is 0 Å². The van der Waals surface area contributed by atoms with Gasteiger partial charge in [0.25, 0.3) is 0 Å². The molecule has 0 bridgehead atoms. The molecule has 1 unspecified atom stereocenters. The monoisotopic (exact) mass is 291 g/mol. The van der Waals surface area contributed by atoms with Gasteiger partial charge in [-0.1, -0.05) is 13.3 Å². The quantitative estimate of drug-likeness (QED) is 0.938. The maximum atomic E-state index is 11.9. The Morgan fingerprint density at radius 2 is 2.40 bits per heavy atom. The minimum atomic E-state index is -0.808. The van der Waals surface area contributed by atoms with Crippen LogP contribution in [0.1, 0.15) is 32.6 Å². The van der Waals surface area contributed by atoms with Crippen molar-refractivity contribution in [1.29, 1.82) is 0 Å². The van der Waals surface area contributed by atoms with Gasteiger partial charge in [0, 0.05) is 6.54 Å². The van der Waals surface area contributed by atoms with Gasteiger partial charge in [-0.2, -0.15) is 0 Å². The molecule has 1 atom stereocenters. The van der Waals surface area contributed by atoms with Gasteiger partial charge in [0.2, 0.25) is 0 Å². The van der Waals surface area contributed by atoms with Gasteiger partial charge in [0.15, 0.2) is 0 Å². The van der Waals surface area contributed by atoms with Gasteiger partial charge < -0.3 is 10.0 Å². The zero-order chi connectivity index (χ0) is 14.2. The molecule has 3 rings (SSSR count). The minimum Gasteiger partial charge on any atom is -0.479 e. The molecule has 106 valence electrons. The smallest absolute Gasteiger partial charge is 0.329 e. The fraction of sp³-hybridized carbons (Fsp3) is 0.500. The molecule has 1 fully saturated rings. The Hall–Kier alpha value is -1.69. The van der Waals surface area contributed by atoms with E-state index in [4.69, 9.17) is 0 Å². The SMILES string of the molecule is CCCC1(C(=O)O)CCCN1c1ncnc2sccc12. The number of carbonyl (C=O) groups is 1. The molecule has 6 heteroatoms. The van der Waals surface area contributed by atoms with Gasteiger partial charge in [-0.25, -0.2) is 14.8 Å². The zero-order valence-electron chi connectivity index (χ0n) is 11.4. The number of anilines is 1. The molecule has 2 aromatic rings. The first-order valence-electron chi connectivity index (χ1n) is 6.88. The van der Waals surface area contributed by atoms with Crippen LogP contribution in [0, 0.1) is 0 Å². The van der Waals surface area contributed by atoms with Gasteiger partial charge in [-0.05, 0) is 30.7 Å². The molecular weight excluding hydrogens is 274 g/mol. The second-order valence-electron chi connectivity index (χ2n) is 5.18. The second-order valence-corrected chi connectivity index (χ2v) is 6.07. The van der Waals surface area contributed by atoms with Crippen molar-refractivity contribution in [2.75, 3.05) is 11.4 Å². The Labute approximate surface area is 121 Å². The van der Waals surface area contributed by atoms with Crippen molar-refractivity contribution in [3.05, 3.63) is 17.8 Å². The molecule has 20 heavy (non-hydrogen) atoms. The van der Waals surface area contributed by atoms with E-state index in [2.05, 4.69) is 9.97 Å². The molecule has 0 aliphatic carbocycles. The summed E-state index contributed by atoms with van der Waals surface area (Å²) in [5.41, 5.74) is -0.808. The summed E-state index contributed by atoms with van der Waals surface area (Å²) in [6, 6.07) is 1.98. The molecular formula is C14H17N3O2S. The minimum absolute atomic E-state index is 0.651. The van der Waals surface area contributed by atoms with Crippen molar-refractivity contribution in [3.8, 4) is 0 Å². The van der Waals surface area contributed by atoms with Gasteiger partial charge >= 0.3 is 5.97 Å². The largest absolute Gasteiger partial charge is 0.479 e. The number of nitrogens with zero attached hydrogens (tertiary/aromatic N) is 3. The van der Waals surface area contributed by atoms with Gasteiger partial charge in [-0.3, -0.25) is 0 Å². The van der Waals surface area contributed by atoms with Crippen LogP contribution < -0.4 is 4.90 Å². The molecule has 1 aliphatic rings. The molecule has 5 nitrogen and oxygen atoms in total. The van der Waals surface area contributed by atoms with Crippen LogP contribution >= 0.6 is 11.3 Å². The van der Waals surface area contributed by atoms with Crippen molar-refractivity contribution >= 4 is 33.3 Å². The topological polar surface area (TPSA) is 66.3 Å². The van der Waals surface area contributed by atoms with Crippen LogP contribution in [0.25, 0.3) is 10.2 Å². The van der Waals surface area contributed by atoms with Crippen molar-refractivity contribution in [1.82, 2.24) is 9.97 Å². The summed E-state index contributed by atoms with van der Waals surface area (Å²) in [5, 5.41) is 12.7. The van der Waals surface area contributed by atoms with Crippen LogP contribution in [0.15, 0.2) is 17.8 Å². The second kappa shape index (κ2) is 5.01. The van der Waals surface area contributed by atoms with E-state index in [1.807, 2.05) is 23.3 Å². The number of hydrogen-bond acceptors (Lipinski definition) is 5. The molecule has 3 heterocycles. The van der Waals surface area contributed by atoms with Gasteiger partial charge in [-0.15, -0.1) is 11.3 Å². The Kier molecular flexibility index (Phi) is 3.33. The number of carboxylic acid groups (broad SMARTS) is 1. The Morgan fingerprint density at radius 1 is 1.55 bits per heavy atom. The maximum absolute atomic E-state index is 11.9. The normalized spacial score (nSPS) is 22.6. The number of carboxylic acids is 1. The van der Waals surface area contributed by atoms with Crippen molar-refractivity contribution in [2.24, 2.45) is 0 Å². The highest BCUT2D eigenvalue weighted by Gasteiger charge is 2.48. The first-order valence-corrected chi connectivity index (χ1v) is 7.76. The Balaban J connectivity index is 2.12. The summed E-state index contributed by atoms with van der Waals surface area (Å²) in [6.45, 7) is 2.77. The molecule has 1 N–H and O–H groups in total.